The van der Waals surface area contributed by atoms with Crippen molar-refractivity contribution in [3.8, 4) is 11.8 Å². The van der Waals surface area contributed by atoms with Crippen molar-refractivity contribution in [2.45, 2.75) is 6.92 Å². The van der Waals surface area contributed by atoms with E-state index in [0.29, 0.717) is 5.56 Å². The fourth-order valence-corrected chi connectivity index (χ4v) is 1.77. The molecule has 1 heterocycles. The van der Waals surface area contributed by atoms with Gasteiger partial charge < -0.3 is 5.32 Å². The largest absolute Gasteiger partial charge is 0.340 e. The molecular formula is C17H15N3O3. The van der Waals surface area contributed by atoms with Gasteiger partial charge >= 0.3 is 0 Å². The first-order valence-electron chi connectivity index (χ1n) is 6.90. The Morgan fingerprint density at radius 1 is 1.17 bits per heavy atom. The summed E-state index contributed by atoms with van der Waals surface area (Å²) in [5, 5.41) is 6.45. The summed E-state index contributed by atoms with van der Waals surface area (Å²) in [6.45, 7) is 1.65. The second kappa shape index (κ2) is 7.18. The van der Waals surface area contributed by atoms with Crippen LogP contribution in [0.15, 0.2) is 41.2 Å². The predicted molar refractivity (Wildman–Crippen MR) is 85.1 cm³/mol. The lowest BCUT2D eigenvalue weighted by molar-refractivity contribution is 0.0950. The van der Waals surface area contributed by atoms with E-state index in [4.69, 9.17) is 0 Å². The molecule has 0 radical (unpaired) electrons. The third-order valence-electron chi connectivity index (χ3n) is 3.05. The Balaban J connectivity index is 1.94. The molecule has 0 aliphatic rings. The SMILES string of the molecule is CC(=O)c1ccc(C#CCNC(=O)c2ccc(=O)n(C)n2)cc1. The van der Waals surface area contributed by atoms with Gasteiger partial charge in [-0.1, -0.05) is 24.0 Å². The van der Waals surface area contributed by atoms with Crippen molar-refractivity contribution < 1.29 is 9.59 Å². The van der Waals surface area contributed by atoms with Crippen LogP contribution in [0.1, 0.15) is 33.3 Å². The van der Waals surface area contributed by atoms with Gasteiger partial charge in [-0.2, -0.15) is 5.10 Å². The summed E-state index contributed by atoms with van der Waals surface area (Å²) in [6, 6.07) is 9.56. The van der Waals surface area contributed by atoms with E-state index < -0.39 is 5.91 Å². The monoisotopic (exact) mass is 309 g/mol. The van der Waals surface area contributed by atoms with Crippen molar-refractivity contribution in [1.29, 1.82) is 0 Å². The van der Waals surface area contributed by atoms with Crippen molar-refractivity contribution in [1.82, 2.24) is 15.1 Å². The normalized spacial score (nSPS) is 9.65. The molecule has 1 N–H and O–H groups in total. The molecule has 0 atom stereocenters. The average molecular weight is 309 g/mol. The minimum atomic E-state index is -0.401. The van der Waals surface area contributed by atoms with Gasteiger partial charge in [0.1, 0.15) is 5.69 Å². The number of hydrogen-bond donors (Lipinski definition) is 1. The van der Waals surface area contributed by atoms with Crippen LogP contribution in [0.3, 0.4) is 0 Å². The topological polar surface area (TPSA) is 81.1 Å². The number of aromatic nitrogens is 2. The molecule has 0 saturated carbocycles. The first-order chi connectivity index (χ1) is 11.0. The van der Waals surface area contributed by atoms with Gasteiger partial charge in [0.2, 0.25) is 0 Å². The van der Waals surface area contributed by atoms with Gasteiger partial charge in [-0.3, -0.25) is 14.4 Å². The Labute approximate surface area is 133 Å². The van der Waals surface area contributed by atoms with Crippen molar-refractivity contribution >= 4 is 11.7 Å². The summed E-state index contributed by atoms with van der Waals surface area (Å²) in [6.07, 6.45) is 0. The molecule has 2 rings (SSSR count). The van der Waals surface area contributed by atoms with Crippen molar-refractivity contribution in [3.05, 3.63) is 63.6 Å². The Morgan fingerprint density at radius 2 is 1.87 bits per heavy atom. The lowest BCUT2D eigenvalue weighted by Crippen LogP contribution is -2.28. The number of aryl methyl sites for hydroxylation is 1. The van der Waals surface area contributed by atoms with E-state index in [9.17, 15) is 14.4 Å². The standard InChI is InChI=1S/C17H15N3O3/c1-12(21)14-7-5-13(6-8-14)4-3-11-18-17(23)15-9-10-16(22)20(2)19-15/h5-10H,11H2,1-2H3,(H,18,23). The fraction of sp³-hybridized carbons (Fsp3) is 0.176. The molecule has 0 spiro atoms. The van der Waals surface area contributed by atoms with E-state index in [-0.39, 0.29) is 23.6 Å². The lowest BCUT2D eigenvalue weighted by atomic mass is 10.1. The molecule has 1 amide bonds. The van der Waals surface area contributed by atoms with Crippen LogP contribution in [0.2, 0.25) is 0 Å². The molecule has 0 unspecified atom stereocenters. The number of carbonyl (C=O) groups is 2. The van der Waals surface area contributed by atoms with Crippen LogP contribution in [-0.4, -0.2) is 28.0 Å². The van der Waals surface area contributed by atoms with Crippen LogP contribution in [-0.2, 0) is 7.05 Å². The summed E-state index contributed by atoms with van der Waals surface area (Å²) < 4.78 is 1.09. The molecule has 0 saturated heterocycles. The van der Waals surface area contributed by atoms with E-state index in [0.717, 1.165) is 10.2 Å². The van der Waals surface area contributed by atoms with Gasteiger partial charge in [-0.05, 0) is 25.1 Å². The van der Waals surface area contributed by atoms with Crippen LogP contribution in [0.25, 0.3) is 0 Å². The molecule has 0 bridgehead atoms. The zero-order valence-corrected chi connectivity index (χ0v) is 12.8. The Hall–Kier alpha value is -3.20. The number of ketones is 1. The molecule has 6 heteroatoms. The maximum atomic E-state index is 11.8. The van der Waals surface area contributed by atoms with Crippen LogP contribution in [0, 0.1) is 11.8 Å². The predicted octanol–water partition coefficient (Wildman–Crippen LogP) is 0.764. The highest BCUT2D eigenvalue weighted by Gasteiger charge is 2.06. The lowest BCUT2D eigenvalue weighted by Gasteiger charge is -2.01. The number of benzene rings is 1. The van der Waals surface area contributed by atoms with Gasteiger partial charge in [0, 0.05) is 24.2 Å². The van der Waals surface area contributed by atoms with Gasteiger partial charge in [0.05, 0.1) is 6.54 Å². The second-order valence-electron chi connectivity index (χ2n) is 4.80. The number of Topliss-reactive ketones (excluding diaryl/α,β-unsaturated/α-hetero) is 1. The molecule has 2 aromatic rings. The molecule has 1 aromatic carbocycles. The number of amides is 1. The number of nitrogens with one attached hydrogen (secondary N) is 1. The molecule has 6 nitrogen and oxygen atoms in total. The van der Waals surface area contributed by atoms with Crippen molar-refractivity contribution in [2.24, 2.45) is 7.05 Å². The highest BCUT2D eigenvalue weighted by molar-refractivity contribution is 5.94. The third-order valence-corrected chi connectivity index (χ3v) is 3.05. The third kappa shape index (κ3) is 4.38. The van der Waals surface area contributed by atoms with Crippen LogP contribution >= 0.6 is 0 Å². The zero-order chi connectivity index (χ0) is 16.8. The maximum Gasteiger partial charge on any atom is 0.272 e. The van der Waals surface area contributed by atoms with Gasteiger partial charge in [-0.15, -0.1) is 0 Å². The smallest absolute Gasteiger partial charge is 0.272 e. The van der Waals surface area contributed by atoms with Gasteiger partial charge in [0.15, 0.2) is 5.78 Å². The molecule has 0 aliphatic heterocycles. The van der Waals surface area contributed by atoms with Crippen molar-refractivity contribution in [2.75, 3.05) is 6.54 Å². The Bertz CT molecular complexity index is 855. The minimum absolute atomic E-state index is 0.00142. The van der Waals surface area contributed by atoms with Crippen LogP contribution in [0.4, 0.5) is 0 Å². The van der Waals surface area contributed by atoms with E-state index in [2.05, 4.69) is 22.3 Å². The number of hydrogen-bond acceptors (Lipinski definition) is 4. The van der Waals surface area contributed by atoms with Crippen LogP contribution in [0.5, 0.6) is 0 Å². The highest BCUT2D eigenvalue weighted by Crippen LogP contribution is 2.03. The van der Waals surface area contributed by atoms with E-state index in [1.165, 1.54) is 26.1 Å². The zero-order valence-electron chi connectivity index (χ0n) is 12.8. The van der Waals surface area contributed by atoms with E-state index >= 15 is 0 Å². The molecule has 1 aromatic heterocycles. The summed E-state index contributed by atoms with van der Waals surface area (Å²) in [4.78, 5) is 34.2. The van der Waals surface area contributed by atoms with E-state index in [1.54, 1.807) is 24.3 Å². The summed E-state index contributed by atoms with van der Waals surface area (Å²) in [7, 11) is 1.48. The Kier molecular flexibility index (Phi) is 5.05. The molecular weight excluding hydrogens is 294 g/mol. The van der Waals surface area contributed by atoms with Gasteiger partial charge in [-0.25, -0.2) is 4.68 Å². The number of nitrogens with zero attached hydrogens (tertiary/aromatic N) is 2. The molecule has 23 heavy (non-hydrogen) atoms. The van der Waals surface area contributed by atoms with Crippen LogP contribution < -0.4 is 10.9 Å². The average Bonchev–Trinajstić information content (AvgIpc) is 2.54. The number of rotatable bonds is 3. The number of carbonyl (C=O) groups excluding carboxylic acids is 2. The van der Waals surface area contributed by atoms with Gasteiger partial charge in [0.25, 0.3) is 11.5 Å². The fourth-order valence-electron chi connectivity index (χ4n) is 1.77. The molecule has 116 valence electrons. The maximum absolute atomic E-state index is 11.8. The summed E-state index contributed by atoms with van der Waals surface area (Å²) in [5.41, 5.74) is 1.25. The Morgan fingerprint density at radius 3 is 2.48 bits per heavy atom. The molecule has 0 fully saturated rings. The highest BCUT2D eigenvalue weighted by atomic mass is 16.2. The first-order valence-corrected chi connectivity index (χ1v) is 6.90. The summed E-state index contributed by atoms with van der Waals surface area (Å²) >= 11 is 0. The minimum Gasteiger partial charge on any atom is -0.340 e. The summed E-state index contributed by atoms with van der Waals surface area (Å²) in [5.74, 6) is 5.30. The second-order valence-corrected chi connectivity index (χ2v) is 4.80. The molecule has 0 aliphatic carbocycles. The van der Waals surface area contributed by atoms with Crippen molar-refractivity contribution in [3.63, 3.8) is 0 Å². The van der Waals surface area contributed by atoms with E-state index in [1.807, 2.05) is 0 Å². The quantitative estimate of drug-likeness (QED) is 0.670. The first kappa shape index (κ1) is 16.2.